The number of nitrogens with zero attached hydrogens (tertiary/aromatic N) is 1. The van der Waals surface area contributed by atoms with Crippen molar-refractivity contribution in [2.45, 2.75) is 50.6 Å². The lowest BCUT2D eigenvalue weighted by atomic mass is 9.86. The van der Waals surface area contributed by atoms with E-state index in [1.807, 2.05) is 18.0 Å². The van der Waals surface area contributed by atoms with Crippen LogP contribution in [0, 0.1) is 5.92 Å². The van der Waals surface area contributed by atoms with E-state index in [1.165, 1.54) is 11.1 Å². The zero-order chi connectivity index (χ0) is 15.5. The lowest BCUT2D eigenvalue weighted by Crippen LogP contribution is -2.46. The van der Waals surface area contributed by atoms with Crippen LogP contribution < -0.4 is 5.32 Å². The van der Waals surface area contributed by atoms with Crippen LogP contribution in [0.2, 0.25) is 0 Å². The molecular formula is C18H26N2O2. The topological polar surface area (TPSA) is 52.6 Å². The second kappa shape index (κ2) is 6.69. The van der Waals surface area contributed by atoms with Gasteiger partial charge in [-0.3, -0.25) is 0 Å². The highest BCUT2D eigenvalue weighted by molar-refractivity contribution is 5.75. The first-order valence-corrected chi connectivity index (χ1v) is 8.41. The van der Waals surface area contributed by atoms with Crippen LogP contribution in [0.5, 0.6) is 0 Å². The van der Waals surface area contributed by atoms with Gasteiger partial charge in [-0.15, -0.1) is 0 Å². The number of carbonyl (C=O) groups is 1. The van der Waals surface area contributed by atoms with E-state index in [9.17, 15) is 9.90 Å². The van der Waals surface area contributed by atoms with Crippen molar-refractivity contribution in [2.75, 3.05) is 13.7 Å². The molecule has 4 heteroatoms. The van der Waals surface area contributed by atoms with Gasteiger partial charge in [0.2, 0.25) is 0 Å². The van der Waals surface area contributed by atoms with Gasteiger partial charge in [-0.05, 0) is 55.6 Å². The molecule has 4 nitrogen and oxygen atoms in total. The monoisotopic (exact) mass is 302 g/mol. The number of rotatable bonds is 3. The molecule has 0 aromatic heterocycles. The second-order valence-corrected chi connectivity index (χ2v) is 6.71. The summed E-state index contributed by atoms with van der Waals surface area (Å²) in [5, 5.41) is 12.4. The molecule has 3 rings (SSSR count). The molecule has 0 aliphatic heterocycles. The summed E-state index contributed by atoms with van der Waals surface area (Å²) in [6.07, 6.45) is 6.07. The third kappa shape index (κ3) is 3.12. The first-order chi connectivity index (χ1) is 10.7. The van der Waals surface area contributed by atoms with Crippen molar-refractivity contribution in [3.63, 3.8) is 0 Å². The quantitative estimate of drug-likeness (QED) is 0.902. The Kier molecular flexibility index (Phi) is 4.67. The molecule has 2 aliphatic rings. The van der Waals surface area contributed by atoms with Crippen molar-refractivity contribution in [1.82, 2.24) is 10.2 Å². The third-order valence-electron chi connectivity index (χ3n) is 5.37. The Labute approximate surface area is 132 Å². The molecule has 1 unspecified atom stereocenters. The second-order valence-electron chi connectivity index (χ2n) is 6.71. The van der Waals surface area contributed by atoms with Crippen molar-refractivity contribution >= 4 is 6.03 Å². The first-order valence-electron chi connectivity index (χ1n) is 8.41. The van der Waals surface area contributed by atoms with E-state index in [4.69, 9.17) is 0 Å². The van der Waals surface area contributed by atoms with Crippen LogP contribution in [0.1, 0.15) is 49.3 Å². The maximum atomic E-state index is 12.5. The van der Waals surface area contributed by atoms with Gasteiger partial charge in [-0.25, -0.2) is 4.79 Å². The smallest absolute Gasteiger partial charge is 0.317 e. The van der Waals surface area contributed by atoms with Crippen LogP contribution in [0.15, 0.2) is 24.3 Å². The number of nitrogens with one attached hydrogen (secondary N) is 1. The Bertz CT molecular complexity index is 524. The third-order valence-corrected chi connectivity index (χ3v) is 5.37. The lowest BCUT2D eigenvalue weighted by Gasteiger charge is -2.34. The first kappa shape index (κ1) is 15.3. The van der Waals surface area contributed by atoms with Gasteiger partial charge < -0.3 is 15.3 Å². The molecule has 0 saturated heterocycles. The van der Waals surface area contributed by atoms with Gasteiger partial charge in [0, 0.05) is 19.7 Å². The summed E-state index contributed by atoms with van der Waals surface area (Å²) in [5.74, 6) is 0.425. The highest BCUT2D eigenvalue weighted by atomic mass is 16.3. The van der Waals surface area contributed by atoms with E-state index >= 15 is 0 Å². The van der Waals surface area contributed by atoms with Crippen LogP contribution in [-0.2, 0) is 6.42 Å². The molecule has 0 heterocycles. The van der Waals surface area contributed by atoms with E-state index in [0.29, 0.717) is 12.0 Å². The standard InChI is InChI=1S/C18H26N2O2/c1-20(15-9-6-13(12-21)7-10-15)18(22)19-17-11-8-14-4-2-3-5-16(14)17/h2-5,13,15,17,21H,6-12H2,1H3,(H,19,22). The van der Waals surface area contributed by atoms with Gasteiger partial charge in [0.15, 0.2) is 0 Å². The van der Waals surface area contributed by atoms with E-state index < -0.39 is 0 Å². The van der Waals surface area contributed by atoms with Crippen molar-refractivity contribution in [1.29, 1.82) is 0 Å². The molecule has 0 radical (unpaired) electrons. The van der Waals surface area contributed by atoms with Crippen molar-refractivity contribution in [3.05, 3.63) is 35.4 Å². The van der Waals surface area contributed by atoms with Gasteiger partial charge in [0.05, 0.1) is 6.04 Å². The average molecular weight is 302 g/mol. The number of amides is 2. The van der Waals surface area contributed by atoms with E-state index in [0.717, 1.165) is 38.5 Å². The van der Waals surface area contributed by atoms with Gasteiger partial charge in [0.25, 0.3) is 0 Å². The summed E-state index contributed by atoms with van der Waals surface area (Å²) >= 11 is 0. The number of carbonyl (C=O) groups excluding carboxylic acids is 1. The van der Waals surface area contributed by atoms with E-state index in [1.54, 1.807) is 0 Å². The summed E-state index contributed by atoms with van der Waals surface area (Å²) in [4.78, 5) is 14.4. The number of hydrogen-bond acceptors (Lipinski definition) is 2. The Morgan fingerprint density at radius 3 is 2.68 bits per heavy atom. The Morgan fingerprint density at radius 1 is 1.23 bits per heavy atom. The summed E-state index contributed by atoms with van der Waals surface area (Å²) < 4.78 is 0. The zero-order valence-corrected chi connectivity index (χ0v) is 13.3. The van der Waals surface area contributed by atoms with Crippen LogP contribution in [-0.4, -0.2) is 35.7 Å². The number of aryl methyl sites for hydroxylation is 1. The molecule has 2 amide bonds. The molecule has 1 aromatic rings. The lowest BCUT2D eigenvalue weighted by molar-refractivity contribution is 0.132. The van der Waals surface area contributed by atoms with Crippen LogP contribution in [0.25, 0.3) is 0 Å². The van der Waals surface area contributed by atoms with Gasteiger partial charge in [0.1, 0.15) is 0 Å². The number of aliphatic hydroxyl groups is 1. The minimum absolute atomic E-state index is 0.0363. The van der Waals surface area contributed by atoms with Crippen molar-refractivity contribution in [2.24, 2.45) is 5.92 Å². The summed E-state index contributed by atoms with van der Waals surface area (Å²) in [6.45, 7) is 0.279. The molecule has 0 bridgehead atoms. The molecule has 1 aromatic carbocycles. The number of fused-ring (bicyclic) bond motifs is 1. The Balaban J connectivity index is 1.56. The number of benzene rings is 1. The molecule has 1 saturated carbocycles. The van der Waals surface area contributed by atoms with Gasteiger partial charge in [-0.1, -0.05) is 24.3 Å². The molecule has 1 fully saturated rings. The Morgan fingerprint density at radius 2 is 1.95 bits per heavy atom. The van der Waals surface area contributed by atoms with Crippen LogP contribution >= 0.6 is 0 Å². The highest BCUT2D eigenvalue weighted by Crippen LogP contribution is 2.31. The molecule has 1 atom stereocenters. The molecule has 0 spiro atoms. The van der Waals surface area contributed by atoms with Crippen molar-refractivity contribution in [3.8, 4) is 0 Å². The molecule has 2 aliphatic carbocycles. The zero-order valence-electron chi connectivity index (χ0n) is 13.3. The largest absolute Gasteiger partial charge is 0.396 e. The number of aliphatic hydroxyl groups excluding tert-OH is 1. The number of urea groups is 1. The summed E-state index contributed by atoms with van der Waals surface area (Å²) in [5.41, 5.74) is 2.63. The number of hydrogen-bond donors (Lipinski definition) is 2. The van der Waals surface area contributed by atoms with Crippen molar-refractivity contribution < 1.29 is 9.90 Å². The maximum absolute atomic E-state index is 12.5. The molecule has 120 valence electrons. The van der Waals surface area contributed by atoms with Crippen LogP contribution in [0.4, 0.5) is 4.79 Å². The predicted octanol–water partition coefficient (Wildman–Crippen LogP) is 2.87. The fourth-order valence-corrected chi connectivity index (χ4v) is 3.84. The fraction of sp³-hybridized carbons (Fsp3) is 0.611. The summed E-state index contributed by atoms with van der Waals surface area (Å²) in [6, 6.07) is 8.88. The van der Waals surface area contributed by atoms with Gasteiger partial charge in [-0.2, -0.15) is 0 Å². The highest BCUT2D eigenvalue weighted by Gasteiger charge is 2.29. The minimum atomic E-state index is 0.0363. The molecular weight excluding hydrogens is 276 g/mol. The molecule has 22 heavy (non-hydrogen) atoms. The van der Waals surface area contributed by atoms with E-state index in [2.05, 4.69) is 23.5 Å². The van der Waals surface area contributed by atoms with Gasteiger partial charge >= 0.3 is 6.03 Å². The predicted molar refractivity (Wildman–Crippen MR) is 86.6 cm³/mol. The Hall–Kier alpha value is -1.55. The minimum Gasteiger partial charge on any atom is -0.396 e. The fourth-order valence-electron chi connectivity index (χ4n) is 3.84. The molecule has 2 N–H and O–H groups in total. The summed E-state index contributed by atoms with van der Waals surface area (Å²) in [7, 11) is 1.90. The maximum Gasteiger partial charge on any atom is 0.317 e. The normalized spacial score (nSPS) is 27.3. The van der Waals surface area contributed by atoms with E-state index in [-0.39, 0.29) is 18.7 Å². The average Bonchev–Trinajstić information content (AvgIpc) is 2.97. The SMILES string of the molecule is CN(C(=O)NC1CCc2ccccc21)C1CCC(CO)CC1. The van der Waals surface area contributed by atoms with Crippen LogP contribution in [0.3, 0.4) is 0 Å².